The first kappa shape index (κ1) is 27.2. The molecule has 1 N–H and O–H groups in total. The van der Waals surface area contributed by atoms with Gasteiger partial charge in [-0.2, -0.15) is 5.26 Å². The molecule has 0 saturated carbocycles. The summed E-state index contributed by atoms with van der Waals surface area (Å²) >= 11 is 1.19. The van der Waals surface area contributed by atoms with E-state index in [9.17, 15) is 14.9 Å². The molecule has 8 heteroatoms. The Morgan fingerprint density at radius 3 is 2.31 bits per heavy atom. The topological polar surface area (TPSA) is 97.6 Å². The van der Waals surface area contributed by atoms with Crippen molar-refractivity contribution in [2.75, 3.05) is 19.0 Å². The molecule has 1 aromatic heterocycles. The number of rotatable bonds is 10. The molecule has 1 amide bonds. The molecule has 4 aromatic rings. The molecule has 0 spiro atoms. The summed E-state index contributed by atoms with van der Waals surface area (Å²) in [7, 11) is 1.58. The first-order valence-electron chi connectivity index (χ1n) is 12.1. The Morgan fingerprint density at radius 2 is 1.67 bits per heavy atom. The molecule has 0 radical (unpaired) electrons. The monoisotopic (exact) mass is 538 g/mol. The van der Waals surface area contributed by atoms with Crippen molar-refractivity contribution in [1.82, 2.24) is 0 Å². The summed E-state index contributed by atoms with van der Waals surface area (Å²) in [4.78, 5) is 25.9. The van der Waals surface area contributed by atoms with Crippen molar-refractivity contribution >= 4 is 34.3 Å². The van der Waals surface area contributed by atoms with Crippen LogP contribution < -0.4 is 14.8 Å². The van der Waals surface area contributed by atoms with Crippen LogP contribution in [0.2, 0.25) is 0 Å². The predicted molar refractivity (Wildman–Crippen MR) is 152 cm³/mol. The maximum absolute atomic E-state index is 13.0. The van der Waals surface area contributed by atoms with Crippen LogP contribution in [0.5, 0.6) is 11.5 Å². The van der Waals surface area contributed by atoms with Crippen LogP contribution in [-0.2, 0) is 16.1 Å². The van der Waals surface area contributed by atoms with E-state index in [1.807, 2.05) is 48.5 Å². The quantitative estimate of drug-likeness (QED) is 0.137. The molecule has 0 aliphatic rings. The Hall–Kier alpha value is -4.87. The first-order valence-corrected chi connectivity index (χ1v) is 13.0. The second kappa shape index (κ2) is 13.1. The number of hydrogen-bond acceptors (Lipinski definition) is 7. The predicted octanol–water partition coefficient (Wildman–Crippen LogP) is 6.73. The van der Waals surface area contributed by atoms with E-state index in [2.05, 4.69) is 5.32 Å². The van der Waals surface area contributed by atoms with Crippen LogP contribution in [0, 0.1) is 11.3 Å². The SMILES string of the molecule is CCOC(=O)c1c(-c2ccc(OC)cc2)csc1NC(=O)C(C#N)=Cc1ccc(OCc2ccccc2)cc1. The number of hydrogen-bond donors (Lipinski definition) is 1. The normalized spacial score (nSPS) is 10.8. The molecule has 0 atom stereocenters. The lowest BCUT2D eigenvalue weighted by atomic mass is 10.0. The zero-order valence-electron chi connectivity index (χ0n) is 21.5. The minimum absolute atomic E-state index is 0.109. The number of amides is 1. The summed E-state index contributed by atoms with van der Waals surface area (Å²) in [5, 5.41) is 14.5. The highest BCUT2D eigenvalue weighted by molar-refractivity contribution is 7.15. The molecule has 4 rings (SSSR count). The van der Waals surface area contributed by atoms with Crippen LogP contribution in [0.15, 0.2) is 89.8 Å². The van der Waals surface area contributed by atoms with Gasteiger partial charge in [0.25, 0.3) is 5.91 Å². The van der Waals surface area contributed by atoms with Crippen LogP contribution in [0.25, 0.3) is 17.2 Å². The molecule has 0 aliphatic heterocycles. The highest BCUT2D eigenvalue weighted by atomic mass is 32.1. The number of nitrogens with zero attached hydrogens (tertiary/aromatic N) is 1. The smallest absolute Gasteiger partial charge is 0.341 e. The number of nitriles is 1. The Labute approximate surface area is 230 Å². The van der Waals surface area contributed by atoms with E-state index in [0.29, 0.717) is 34.2 Å². The maximum atomic E-state index is 13.0. The van der Waals surface area contributed by atoms with Crippen molar-refractivity contribution in [2.24, 2.45) is 0 Å². The van der Waals surface area contributed by atoms with E-state index in [1.165, 1.54) is 17.4 Å². The van der Waals surface area contributed by atoms with Gasteiger partial charge in [0, 0.05) is 10.9 Å². The van der Waals surface area contributed by atoms with Gasteiger partial charge >= 0.3 is 5.97 Å². The Balaban J connectivity index is 1.52. The van der Waals surface area contributed by atoms with Gasteiger partial charge in [-0.1, -0.05) is 54.6 Å². The highest BCUT2D eigenvalue weighted by Gasteiger charge is 2.24. The summed E-state index contributed by atoms with van der Waals surface area (Å²) < 4.78 is 16.3. The minimum atomic E-state index is -0.629. The van der Waals surface area contributed by atoms with Gasteiger partial charge in [0.15, 0.2) is 0 Å². The molecule has 0 bridgehead atoms. The average molecular weight is 539 g/mol. The summed E-state index contributed by atoms with van der Waals surface area (Å²) in [6.07, 6.45) is 1.48. The van der Waals surface area contributed by atoms with Gasteiger partial charge in [0.1, 0.15) is 40.3 Å². The molecule has 0 fully saturated rings. The minimum Gasteiger partial charge on any atom is -0.497 e. The van der Waals surface area contributed by atoms with Crippen LogP contribution >= 0.6 is 11.3 Å². The zero-order valence-corrected chi connectivity index (χ0v) is 22.3. The van der Waals surface area contributed by atoms with Crippen molar-refractivity contribution in [1.29, 1.82) is 5.26 Å². The fourth-order valence-corrected chi connectivity index (χ4v) is 4.68. The lowest BCUT2D eigenvalue weighted by Gasteiger charge is -2.09. The number of thiophene rings is 1. The molecular weight excluding hydrogens is 512 g/mol. The van der Waals surface area contributed by atoms with Crippen LogP contribution in [-0.4, -0.2) is 25.6 Å². The Kier molecular flexibility index (Phi) is 9.11. The Bertz CT molecular complexity index is 1500. The Morgan fingerprint density at radius 1 is 0.974 bits per heavy atom. The molecule has 196 valence electrons. The van der Waals surface area contributed by atoms with Gasteiger partial charge in [-0.25, -0.2) is 4.79 Å². The van der Waals surface area contributed by atoms with E-state index in [1.54, 1.807) is 55.8 Å². The van der Waals surface area contributed by atoms with E-state index >= 15 is 0 Å². The third-order valence-electron chi connectivity index (χ3n) is 5.70. The van der Waals surface area contributed by atoms with E-state index < -0.39 is 11.9 Å². The number of benzene rings is 3. The summed E-state index contributed by atoms with van der Waals surface area (Å²) in [6.45, 7) is 2.33. The second-order valence-corrected chi connectivity index (χ2v) is 9.15. The number of anilines is 1. The van der Waals surface area contributed by atoms with E-state index in [0.717, 1.165) is 11.1 Å². The van der Waals surface area contributed by atoms with Gasteiger partial charge in [0.05, 0.1) is 13.7 Å². The summed E-state index contributed by atoms with van der Waals surface area (Å²) in [6, 6.07) is 26.1. The lowest BCUT2D eigenvalue weighted by Crippen LogP contribution is -2.16. The fraction of sp³-hybridized carbons (Fsp3) is 0.129. The molecule has 0 unspecified atom stereocenters. The van der Waals surface area contributed by atoms with E-state index in [4.69, 9.17) is 14.2 Å². The number of ether oxygens (including phenoxy) is 3. The number of carbonyl (C=O) groups is 2. The van der Waals surface area contributed by atoms with Gasteiger partial charge in [-0.15, -0.1) is 11.3 Å². The number of nitrogens with one attached hydrogen (secondary N) is 1. The third kappa shape index (κ3) is 6.92. The van der Waals surface area contributed by atoms with Gasteiger partial charge in [0.2, 0.25) is 0 Å². The maximum Gasteiger partial charge on any atom is 0.341 e. The molecule has 3 aromatic carbocycles. The van der Waals surface area contributed by atoms with E-state index in [-0.39, 0.29) is 17.7 Å². The summed E-state index contributed by atoms with van der Waals surface area (Å²) in [5.41, 5.74) is 3.21. The third-order valence-corrected chi connectivity index (χ3v) is 6.60. The number of carbonyl (C=O) groups excluding carboxylic acids is 2. The standard InChI is InChI=1S/C31H26N2O5S/c1-3-37-31(35)28-27(23-11-15-25(36-2)16-12-23)20-39-30(28)33-29(34)24(18-32)17-21-9-13-26(14-10-21)38-19-22-7-5-4-6-8-22/h4-17,20H,3,19H2,1-2H3,(H,33,34). The summed E-state index contributed by atoms with van der Waals surface area (Å²) in [5.74, 6) is 0.159. The van der Waals surface area contributed by atoms with Gasteiger partial charge in [-0.3, -0.25) is 4.79 Å². The van der Waals surface area contributed by atoms with Gasteiger partial charge < -0.3 is 19.5 Å². The largest absolute Gasteiger partial charge is 0.497 e. The van der Waals surface area contributed by atoms with Crippen molar-refractivity contribution in [3.8, 4) is 28.7 Å². The molecule has 1 heterocycles. The van der Waals surface area contributed by atoms with Crippen LogP contribution in [0.1, 0.15) is 28.4 Å². The zero-order chi connectivity index (χ0) is 27.6. The van der Waals surface area contributed by atoms with Crippen molar-refractivity contribution in [3.63, 3.8) is 0 Å². The van der Waals surface area contributed by atoms with Crippen molar-refractivity contribution in [2.45, 2.75) is 13.5 Å². The lowest BCUT2D eigenvalue weighted by molar-refractivity contribution is -0.112. The van der Waals surface area contributed by atoms with Crippen molar-refractivity contribution < 1.29 is 23.8 Å². The molecule has 0 saturated heterocycles. The molecule has 39 heavy (non-hydrogen) atoms. The second-order valence-electron chi connectivity index (χ2n) is 8.27. The van der Waals surface area contributed by atoms with Crippen LogP contribution in [0.3, 0.4) is 0 Å². The molecular formula is C31H26N2O5S. The molecule has 7 nitrogen and oxygen atoms in total. The molecule has 0 aliphatic carbocycles. The highest BCUT2D eigenvalue weighted by Crippen LogP contribution is 2.37. The number of esters is 1. The van der Waals surface area contributed by atoms with Crippen LogP contribution in [0.4, 0.5) is 5.00 Å². The first-order chi connectivity index (χ1) is 19.0. The van der Waals surface area contributed by atoms with Gasteiger partial charge in [-0.05, 0) is 54.0 Å². The average Bonchev–Trinajstić information content (AvgIpc) is 3.39. The fourth-order valence-electron chi connectivity index (χ4n) is 3.73. The van der Waals surface area contributed by atoms with Crippen molar-refractivity contribution in [3.05, 3.63) is 107 Å². The number of methoxy groups -OCH3 is 1.